The van der Waals surface area contributed by atoms with Crippen LogP contribution in [0, 0.1) is 13.8 Å². The van der Waals surface area contributed by atoms with Gasteiger partial charge in [-0.1, -0.05) is 0 Å². The molecular weight excluding hydrogens is 246 g/mol. The van der Waals surface area contributed by atoms with Crippen LogP contribution in [0.1, 0.15) is 48.6 Å². The third kappa shape index (κ3) is 4.65. The molecule has 6 heteroatoms. The molecule has 0 fully saturated rings. The molecular formula is C13H19N3O3. The molecule has 0 aromatic carbocycles. The number of aromatic nitrogens is 2. The zero-order valence-corrected chi connectivity index (χ0v) is 11.6. The summed E-state index contributed by atoms with van der Waals surface area (Å²) < 4.78 is 0. The Balaban J connectivity index is 2.75. The van der Waals surface area contributed by atoms with Gasteiger partial charge in [-0.15, -0.1) is 0 Å². The van der Waals surface area contributed by atoms with Gasteiger partial charge >= 0.3 is 5.97 Å². The van der Waals surface area contributed by atoms with Gasteiger partial charge in [0.05, 0.1) is 11.3 Å². The molecule has 0 aliphatic heterocycles. The van der Waals surface area contributed by atoms with Crippen LogP contribution >= 0.6 is 0 Å². The number of aryl methyl sites for hydroxylation is 2. The van der Waals surface area contributed by atoms with E-state index in [1.54, 1.807) is 27.7 Å². The molecule has 0 unspecified atom stereocenters. The molecule has 1 rings (SSSR count). The first-order chi connectivity index (χ1) is 8.71. The van der Waals surface area contributed by atoms with Crippen LogP contribution in [0.2, 0.25) is 0 Å². The highest BCUT2D eigenvalue weighted by Gasteiger charge is 2.23. The van der Waals surface area contributed by atoms with E-state index in [9.17, 15) is 9.59 Å². The molecule has 0 atom stereocenters. The van der Waals surface area contributed by atoms with Crippen LogP contribution in [0.5, 0.6) is 0 Å². The van der Waals surface area contributed by atoms with Crippen LogP contribution in [-0.4, -0.2) is 32.5 Å². The predicted octanol–water partition coefficient (Wildman–Crippen LogP) is 1.47. The summed E-state index contributed by atoms with van der Waals surface area (Å²) in [7, 11) is 0. The summed E-state index contributed by atoms with van der Waals surface area (Å²) in [4.78, 5) is 30.8. The Morgan fingerprint density at radius 1 is 1.37 bits per heavy atom. The van der Waals surface area contributed by atoms with Crippen molar-refractivity contribution in [1.29, 1.82) is 0 Å². The van der Waals surface area contributed by atoms with E-state index >= 15 is 0 Å². The topological polar surface area (TPSA) is 92.2 Å². The van der Waals surface area contributed by atoms with Gasteiger partial charge in [0.1, 0.15) is 5.82 Å². The fourth-order valence-corrected chi connectivity index (χ4v) is 1.66. The Bertz CT molecular complexity index is 498. The van der Waals surface area contributed by atoms with Gasteiger partial charge in [0.2, 0.25) is 0 Å². The predicted molar refractivity (Wildman–Crippen MR) is 69.9 cm³/mol. The van der Waals surface area contributed by atoms with E-state index < -0.39 is 11.5 Å². The number of carboxylic acid groups (broad SMARTS) is 1. The molecule has 104 valence electrons. The summed E-state index contributed by atoms with van der Waals surface area (Å²) in [6, 6.07) is 0. The molecule has 2 N–H and O–H groups in total. The fraction of sp³-hybridized carbons (Fsp3) is 0.538. The summed E-state index contributed by atoms with van der Waals surface area (Å²) in [5, 5.41) is 11.5. The van der Waals surface area contributed by atoms with Crippen molar-refractivity contribution >= 4 is 11.9 Å². The van der Waals surface area contributed by atoms with E-state index in [0.29, 0.717) is 23.5 Å². The largest absolute Gasteiger partial charge is 0.481 e. The molecule has 0 bridgehead atoms. The number of hydrogen-bond acceptors (Lipinski definition) is 4. The molecule has 0 aliphatic rings. The number of aliphatic carboxylic acids is 1. The van der Waals surface area contributed by atoms with Crippen LogP contribution < -0.4 is 5.32 Å². The van der Waals surface area contributed by atoms with Gasteiger partial charge in [0.15, 0.2) is 0 Å². The van der Waals surface area contributed by atoms with Crippen molar-refractivity contribution in [1.82, 2.24) is 15.3 Å². The van der Waals surface area contributed by atoms with Gasteiger partial charge in [-0.3, -0.25) is 9.59 Å². The Morgan fingerprint density at radius 3 is 2.53 bits per heavy atom. The lowest BCUT2D eigenvalue weighted by atomic mass is 9.98. The molecule has 1 aromatic rings. The number of amides is 1. The van der Waals surface area contributed by atoms with E-state index in [0.717, 1.165) is 0 Å². The van der Waals surface area contributed by atoms with Crippen LogP contribution in [0.25, 0.3) is 0 Å². The van der Waals surface area contributed by atoms with Crippen molar-refractivity contribution in [2.75, 3.05) is 0 Å². The smallest absolute Gasteiger partial charge is 0.303 e. The molecule has 0 saturated carbocycles. The lowest BCUT2D eigenvalue weighted by molar-refractivity contribution is -0.137. The maximum atomic E-state index is 12.1. The van der Waals surface area contributed by atoms with Crippen molar-refractivity contribution in [3.8, 4) is 0 Å². The number of carbonyl (C=O) groups excluding carboxylic acids is 1. The molecule has 0 aliphatic carbocycles. The zero-order valence-electron chi connectivity index (χ0n) is 11.6. The molecule has 1 amide bonds. The van der Waals surface area contributed by atoms with E-state index in [1.165, 1.54) is 6.20 Å². The summed E-state index contributed by atoms with van der Waals surface area (Å²) >= 11 is 0. The lowest BCUT2D eigenvalue weighted by Crippen LogP contribution is -2.44. The second kappa shape index (κ2) is 5.77. The molecule has 1 heterocycles. The van der Waals surface area contributed by atoms with Crippen molar-refractivity contribution in [2.24, 2.45) is 0 Å². The molecule has 19 heavy (non-hydrogen) atoms. The second-order valence-electron chi connectivity index (χ2n) is 5.15. The summed E-state index contributed by atoms with van der Waals surface area (Å²) in [6.07, 6.45) is 1.86. The Morgan fingerprint density at radius 2 is 2.00 bits per heavy atom. The first kappa shape index (κ1) is 15.1. The Kier molecular flexibility index (Phi) is 4.58. The average Bonchev–Trinajstić information content (AvgIpc) is 2.25. The van der Waals surface area contributed by atoms with Gasteiger partial charge in [-0.2, -0.15) is 0 Å². The molecule has 6 nitrogen and oxygen atoms in total. The van der Waals surface area contributed by atoms with E-state index in [-0.39, 0.29) is 12.3 Å². The fourth-order valence-electron chi connectivity index (χ4n) is 1.66. The molecule has 0 saturated heterocycles. The van der Waals surface area contributed by atoms with Crippen LogP contribution in [-0.2, 0) is 4.79 Å². The summed E-state index contributed by atoms with van der Waals surface area (Å²) in [5.74, 6) is -0.552. The highest BCUT2D eigenvalue weighted by atomic mass is 16.4. The van der Waals surface area contributed by atoms with Gasteiger partial charge < -0.3 is 10.4 Å². The van der Waals surface area contributed by atoms with Crippen molar-refractivity contribution in [3.05, 3.63) is 23.3 Å². The zero-order chi connectivity index (χ0) is 14.6. The minimum absolute atomic E-state index is 0.0106. The third-order valence-corrected chi connectivity index (χ3v) is 2.76. The summed E-state index contributed by atoms with van der Waals surface area (Å²) in [5.41, 5.74) is 0.431. The molecule has 0 spiro atoms. The third-order valence-electron chi connectivity index (χ3n) is 2.76. The first-order valence-electron chi connectivity index (χ1n) is 6.06. The highest BCUT2D eigenvalue weighted by molar-refractivity contribution is 5.95. The highest BCUT2D eigenvalue weighted by Crippen LogP contribution is 2.13. The number of nitrogens with one attached hydrogen (secondary N) is 1. The first-order valence-corrected chi connectivity index (χ1v) is 6.06. The van der Waals surface area contributed by atoms with Crippen LogP contribution in [0.15, 0.2) is 6.20 Å². The van der Waals surface area contributed by atoms with Gasteiger partial charge in [0.25, 0.3) is 5.91 Å². The van der Waals surface area contributed by atoms with Crippen LogP contribution in [0.4, 0.5) is 0 Å². The standard InChI is InChI=1S/C13H19N3O3/c1-8-10(7-14-9(2)15-8)12(19)16-13(3,4)6-5-11(17)18/h7H,5-6H2,1-4H3,(H,16,19)(H,17,18). The number of hydrogen-bond donors (Lipinski definition) is 2. The maximum Gasteiger partial charge on any atom is 0.303 e. The average molecular weight is 265 g/mol. The van der Waals surface area contributed by atoms with Crippen molar-refractivity contribution in [3.63, 3.8) is 0 Å². The number of nitrogens with zero attached hydrogens (tertiary/aromatic N) is 2. The number of carboxylic acids is 1. The normalized spacial score (nSPS) is 11.2. The monoisotopic (exact) mass is 265 g/mol. The van der Waals surface area contributed by atoms with Crippen molar-refractivity contribution < 1.29 is 14.7 Å². The Labute approximate surface area is 112 Å². The molecule has 0 radical (unpaired) electrons. The maximum absolute atomic E-state index is 12.1. The minimum atomic E-state index is -0.878. The van der Waals surface area contributed by atoms with Gasteiger partial charge in [0, 0.05) is 18.2 Å². The minimum Gasteiger partial charge on any atom is -0.481 e. The SMILES string of the molecule is Cc1ncc(C(=O)NC(C)(C)CCC(=O)O)c(C)n1. The quantitative estimate of drug-likeness (QED) is 0.841. The van der Waals surface area contributed by atoms with Gasteiger partial charge in [-0.25, -0.2) is 9.97 Å². The Hall–Kier alpha value is -1.98. The van der Waals surface area contributed by atoms with Crippen LogP contribution in [0.3, 0.4) is 0 Å². The van der Waals surface area contributed by atoms with E-state index in [1.807, 2.05) is 0 Å². The molecule has 1 aromatic heterocycles. The van der Waals surface area contributed by atoms with E-state index in [4.69, 9.17) is 5.11 Å². The van der Waals surface area contributed by atoms with Crippen molar-refractivity contribution in [2.45, 2.75) is 46.1 Å². The number of rotatable bonds is 5. The lowest BCUT2D eigenvalue weighted by Gasteiger charge is -2.25. The van der Waals surface area contributed by atoms with E-state index in [2.05, 4.69) is 15.3 Å². The van der Waals surface area contributed by atoms with Gasteiger partial charge in [-0.05, 0) is 34.1 Å². The summed E-state index contributed by atoms with van der Waals surface area (Å²) in [6.45, 7) is 7.08. The second-order valence-corrected chi connectivity index (χ2v) is 5.15. The number of carbonyl (C=O) groups is 2.